The average molecular weight is 237 g/mol. The van der Waals surface area contributed by atoms with Crippen LogP contribution in [0.3, 0.4) is 0 Å². The molecule has 1 aromatic carbocycles. The molecule has 0 radical (unpaired) electrons. The van der Waals surface area contributed by atoms with E-state index < -0.39 is 16.7 Å². The van der Waals surface area contributed by atoms with E-state index in [9.17, 15) is 9.00 Å². The quantitative estimate of drug-likeness (QED) is 0.569. The van der Waals surface area contributed by atoms with Crippen LogP contribution in [-0.2, 0) is 15.6 Å². The summed E-state index contributed by atoms with van der Waals surface area (Å²) in [5, 5.41) is 10.6. The van der Waals surface area contributed by atoms with Gasteiger partial charge in [-0.2, -0.15) is 5.26 Å². The van der Waals surface area contributed by atoms with Crippen LogP contribution in [0.1, 0.15) is 0 Å². The Bertz CT molecular complexity index is 436. The normalized spacial score (nSPS) is 11.4. The minimum Gasteiger partial charge on any atom is -0.399 e. The number of hydrogen-bond acceptors (Lipinski definition) is 4. The van der Waals surface area contributed by atoms with Crippen molar-refractivity contribution in [3.8, 4) is 6.07 Å². The molecule has 0 saturated heterocycles. The Morgan fingerprint density at radius 3 is 2.62 bits per heavy atom. The van der Waals surface area contributed by atoms with Gasteiger partial charge >= 0.3 is 0 Å². The van der Waals surface area contributed by atoms with Gasteiger partial charge in [-0.05, 0) is 24.3 Å². The molecule has 0 aliphatic heterocycles. The number of nitrogen functional groups attached to an aromatic ring is 1. The van der Waals surface area contributed by atoms with E-state index in [1.807, 2.05) is 0 Å². The Morgan fingerprint density at radius 1 is 1.44 bits per heavy atom. The van der Waals surface area contributed by atoms with E-state index in [2.05, 4.69) is 5.32 Å². The molecule has 1 rings (SSSR count). The lowest BCUT2D eigenvalue weighted by atomic mass is 10.3. The summed E-state index contributed by atoms with van der Waals surface area (Å²) in [7, 11) is -1.40. The highest BCUT2D eigenvalue weighted by Gasteiger charge is 2.09. The number of carbonyl (C=O) groups excluding carboxylic acids is 1. The van der Waals surface area contributed by atoms with Gasteiger partial charge < -0.3 is 11.1 Å². The van der Waals surface area contributed by atoms with Crippen LogP contribution in [0.4, 0.5) is 5.69 Å². The van der Waals surface area contributed by atoms with Crippen molar-refractivity contribution in [1.82, 2.24) is 5.32 Å². The van der Waals surface area contributed by atoms with Gasteiger partial charge in [-0.1, -0.05) is 0 Å². The number of anilines is 1. The molecule has 1 atom stereocenters. The summed E-state index contributed by atoms with van der Waals surface area (Å²) in [5.41, 5.74) is 6.06. The number of carbonyl (C=O) groups is 1. The Kier molecular flexibility index (Phi) is 4.48. The van der Waals surface area contributed by atoms with Crippen LogP contribution in [0.2, 0.25) is 0 Å². The lowest BCUT2D eigenvalue weighted by Gasteiger charge is -2.02. The maximum absolute atomic E-state index is 11.7. The molecule has 5 nitrogen and oxygen atoms in total. The van der Waals surface area contributed by atoms with Crippen molar-refractivity contribution < 1.29 is 9.00 Å². The summed E-state index contributed by atoms with van der Waals surface area (Å²) in [6.45, 7) is -0.0717. The fourth-order valence-corrected chi connectivity index (χ4v) is 1.96. The second-order valence-electron chi connectivity index (χ2n) is 2.99. The molecule has 84 valence electrons. The molecule has 0 heterocycles. The van der Waals surface area contributed by atoms with Crippen LogP contribution < -0.4 is 11.1 Å². The number of nitrogens with zero attached hydrogens (tertiary/aromatic N) is 1. The number of rotatable bonds is 4. The number of nitrogens with one attached hydrogen (secondary N) is 1. The van der Waals surface area contributed by atoms with Crippen LogP contribution >= 0.6 is 0 Å². The van der Waals surface area contributed by atoms with Crippen LogP contribution in [0, 0.1) is 11.3 Å². The molecule has 1 unspecified atom stereocenters. The highest BCUT2D eigenvalue weighted by molar-refractivity contribution is 7.85. The molecular formula is C10H11N3O2S. The van der Waals surface area contributed by atoms with Gasteiger partial charge in [-0.15, -0.1) is 0 Å². The van der Waals surface area contributed by atoms with Crippen LogP contribution in [0.15, 0.2) is 29.2 Å². The molecule has 0 bridgehead atoms. The van der Waals surface area contributed by atoms with Gasteiger partial charge in [-0.25, -0.2) is 0 Å². The summed E-state index contributed by atoms with van der Waals surface area (Å²) >= 11 is 0. The molecule has 6 heteroatoms. The molecule has 0 aliphatic rings. The fraction of sp³-hybridized carbons (Fsp3) is 0.200. The number of nitrogens with two attached hydrogens (primary N) is 1. The van der Waals surface area contributed by atoms with E-state index in [0.29, 0.717) is 10.6 Å². The first-order chi connectivity index (χ1) is 7.63. The molecule has 3 N–H and O–H groups in total. The third kappa shape index (κ3) is 3.71. The first kappa shape index (κ1) is 12.2. The second-order valence-corrected chi connectivity index (χ2v) is 4.44. The minimum absolute atomic E-state index is 0.0717. The predicted molar refractivity (Wildman–Crippen MR) is 60.8 cm³/mol. The third-order valence-electron chi connectivity index (χ3n) is 1.77. The van der Waals surface area contributed by atoms with E-state index in [1.54, 1.807) is 30.3 Å². The number of nitriles is 1. The van der Waals surface area contributed by atoms with E-state index in [0.717, 1.165) is 0 Å². The highest BCUT2D eigenvalue weighted by atomic mass is 32.2. The van der Waals surface area contributed by atoms with Crippen molar-refractivity contribution in [1.29, 1.82) is 5.26 Å². The Balaban J connectivity index is 2.56. The molecule has 0 fully saturated rings. The largest absolute Gasteiger partial charge is 0.399 e. The van der Waals surface area contributed by atoms with Crippen LogP contribution in [0.5, 0.6) is 0 Å². The van der Waals surface area contributed by atoms with E-state index in [4.69, 9.17) is 11.0 Å². The minimum atomic E-state index is -1.40. The third-order valence-corrected chi connectivity index (χ3v) is 3.09. The smallest absolute Gasteiger partial charge is 0.233 e. The van der Waals surface area contributed by atoms with Crippen molar-refractivity contribution in [2.75, 3.05) is 18.0 Å². The Hall–Kier alpha value is -1.87. The molecule has 1 amide bonds. The zero-order chi connectivity index (χ0) is 12.0. The van der Waals surface area contributed by atoms with Gasteiger partial charge in [0, 0.05) is 10.6 Å². The highest BCUT2D eigenvalue weighted by Crippen LogP contribution is 2.09. The van der Waals surface area contributed by atoms with Crippen molar-refractivity contribution in [2.45, 2.75) is 4.90 Å². The SMILES string of the molecule is N#CCNC(=O)CS(=O)c1ccc(N)cc1. The van der Waals surface area contributed by atoms with Gasteiger partial charge in [0.05, 0.1) is 16.9 Å². The summed E-state index contributed by atoms with van der Waals surface area (Å²) in [5.74, 6) is -0.553. The Labute approximate surface area is 95.7 Å². The summed E-state index contributed by atoms with van der Waals surface area (Å²) in [6.07, 6.45) is 0. The van der Waals surface area contributed by atoms with Gasteiger partial charge in [0.1, 0.15) is 12.3 Å². The average Bonchev–Trinajstić information content (AvgIpc) is 2.27. The summed E-state index contributed by atoms with van der Waals surface area (Å²) in [6, 6.07) is 8.25. The van der Waals surface area contributed by atoms with Crippen molar-refractivity contribution in [3.63, 3.8) is 0 Å². The second kappa shape index (κ2) is 5.88. The molecule has 0 spiro atoms. The predicted octanol–water partition coefficient (Wildman–Crippen LogP) is 0.0162. The fourth-order valence-electron chi connectivity index (χ4n) is 1.01. The van der Waals surface area contributed by atoms with Gasteiger partial charge in [-0.3, -0.25) is 9.00 Å². The van der Waals surface area contributed by atoms with Crippen molar-refractivity contribution in [3.05, 3.63) is 24.3 Å². The van der Waals surface area contributed by atoms with E-state index in [1.165, 1.54) is 0 Å². The first-order valence-electron chi connectivity index (χ1n) is 4.51. The monoisotopic (exact) mass is 237 g/mol. The molecule has 16 heavy (non-hydrogen) atoms. The standard InChI is InChI=1S/C10H11N3O2S/c11-5-6-13-10(14)7-16(15)9-3-1-8(12)2-4-9/h1-4H,6-7,12H2,(H,13,14). The van der Waals surface area contributed by atoms with Gasteiger partial charge in [0.15, 0.2) is 0 Å². The zero-order valence-electron chi connectivity index (χ0n) is 8.47. The lowest BCUT2D eigenvalue weighted by molar-refractivity contribution is -0.118. The first-order valence-corrected chi connectivity index (χ1v) is 5.83. The number of benzene rings is 1. The lowest BCUT2D eigenvalue weighted by Crippen LogP contribution is -2.28. The van der Waals surface area contributed by atoms with E-state index >= 15 is 0 Å². The molecule has 1 aromatic rings. The van der Waals surface area contributed by atoms with Crippen LogP contribution in [-0.4, -0.2) is 22.4 Å². The molecular weight excluding hydrogens is 226 g/mol. The van der Waals surface area contributed by atoms with Crippen LogP contribution in [0.25, 0.3) is 0 Å². The maximum atomic E-state index is 11.7. The molecule has 0 aliphatic carbocycles. The number of hydrogen-bond donors (Lipinski definition) is 2. The summed E-state index contributed by atoms with van der Waals surface area (Å²) in [4.78, 5) is 11.7. The molecule has 0 aromatic heterocycles. The number of amides is 1. The molecule has 0 saturated carbocycles. The summed E-state index contributed by atoms with van der Waals surface area (Å²) < 4.78 is 11.7. The topological polar surface area (TPSA) is 96.0 Å². The maximum Gasteiger partial charge on any atom is 0.233 e. The Morgan fingerprint density at radius 2 is 2.06 bits per heavy atom. The van der Waals surface area contributed by atoms with Gasteiger partial charge in [0.25, 0.3) is 0 Å². The van der Waals surface area contributed by atoms with Crippen molar-refractivity contribution >= 4 is 22.4 Å². The van der Waals surface area contributed by atoms with Crippen molar-refractivity contribution in [2.24, 2.45) is 0 Å². The zero-order valence-corrected chi connectivity index (χ0v) is 9.29. The van der Waals surface area contributed by atoms with Gasteiger partial charge in [0.2, 0.25) is 5.91 Å². The van der Waals surface area contributed by atoms with E-state index in [-0.39, 0.29) is 12.3 Å².